The topological polar surface area (TPSA) is 62.7 Å². The fourth-order valence-corrected chi connectivity index (χ4v) is 3.39. The maximum absolute atomic E-state index is 12.6. The van der Waals surface area contributed by atoms with Gasteiger partial charge in [0.1, 0.15) is 5.82 Å². The number of rotatable bonds is 8. The van der Waals surface area contributed by atoms with E-state index >= 15 is 0 Å². The molecule has 0 aromatic carbocycles. The van der Waals surface area contributed by atoms with Gasteiger partial charge in [0.25, 0.3) is 0 Å². The predicted molar refractivity (Wildman–Crippen MR) is 100 cm³/mol. The van der Waals surface area contributed by atoms with Gasteiger partial charge in [0.05, 0.1) is 22.3 Å². The molecule has 23 heavy (non-hydrogen) atoms. The summed E-state index contributed by atoms with van der Waals surface area (Å²) in [4.78, 5) is 0. The van der Waals surface area contributed by atoms with Crippen LogP contribution in [0.2, 0.25) is 0 Å². The molecule has 3 atom stereocenters. The molecule has 0 aliphatic carbocycles. The first kappa shape index (κ1) is 20.3. The van der Waals surface area contributed by atoms with Crippen LogP contribution in [-0.2, 0) is 17.5 Å². The second kappa shape index (κ2) is 9.52. The van der Waals surface area contributed by atoms with Crippen molar-refractivity contribution in [3.05, 3.63) is 33.9 Å². The Labute approximate surface area is 150 Å². The second-order valence-corrected chi connectivity index (χ2v) is 7.90. The normalized spacial score (nSPS) is 16.9. The Morgan fingerprint density at radius 1 is 1.52 bits per heavy atom. The van der Waals surface area contributed by atoms with Gasteiger partial charge in [-0.05, 0) is 45.0 Å². The molecule has 3 unspecified atom stereocenters. The lowest BCUT2D eigenvalue weighted by molar-refractivity contribution is 0.437. The number of aromatic amines is 1. The molecule has 0 aliphatic heterocycles. The largest absolute Gasteiger partial charge is 0.303 e. The first-order valence-electron chi connectivity index (χ1n) is 7.63. The molecule has 0 spiro atoms. The van der Waals surface area contributed by atoms with E-state index in [0.29, 0.717) is 16.3 Å². The number of nitrogens with zero attached hydrogens (tertiary/aromatic N) is 2. The van der Waals surface area contributed by atoms with E-state index in [9.17, 15) is 4.21 Å². The quantitative estimate of drug-likeness (QED) is 0.532. The lowest BCUT2D eigenvalue weighted by atomic mass is 10.1. The Bertz CT molecular complexity index is 648. The zero-order valence-corrected chi connectivity index (χ0v) is 16.6. The van der Waals surface area contributed by atoms with Gasteiger partial charge in [-0.3, -0.25) is 5.10 Å². The number of halogens is 1. The molecule has 0 radical (unpaired) electrons. The maximum atomic E-state index is 12.6. The van der Waals surface area contributed by atoms with Crippen molar-refractivity contribution in [1.82, 2.24) is 19.5 Å². The molecule has 5 nitrogen and oxygen atoms in total. The molecule has 1 aromatic rings. The summed E-state index contributed by atoms with van der Waals surface area (Å²) >= 11 is 11.2. The summed E-state index contributed by atoms with van der Waals surface area (Å²) < 4.78 is 18.2. The number of aromatic nitrogens is 3. The zero-order chi connectivity index (χ0) is 17.6. The molecule has 8 heteroatoms. The van der Waals surface area contributed by atoms with Crippen LogP contribution in [0.25, 0.3) is 0 Å². The van der Waals surface area contributed by atoms with Gasteiger partial charge in [-0.25, -0.2) is 8.93 Å². The number of hydrogen-bond acceptors (Lipinski definition) is 3. The predicted octanol–water partition coefficient (Wildman–Crippen LogP) is 4.00. The van der Waals surface area contributed by atoms with E-state index in [1.54, 1.807) is 12.2 Å². The van der Waals surface area contributed by atoms with Crippen molar-refractivity contribution in [1.29, 1.82) is 0 Å². The Balaban J connectivity index is 2.94. The van der Waals surface area contributed by atoms with E-state index in [1.165, 1.54) is 0 Å². The lowest BCUT2D eigenvalue weighted by Gasteiger charge is -2.22. The average molecular weight is 377 g/mol. The SMILES string of the molecule is C/C=C(Cl)\C=C/C(C)S(=O)NC(c1n[nH]c(=S)n1CC)C(C)C. The smallest absolute Gasteiger partial charge is 0.195 e. The summed E-state index contributed by atoms with van der Waals surface area (Å²) in [5, 5.41) is 7.57. The lowest BCUT2D eigenvalue weighted by Crippen LogP contribution is -2.34. The zero-order valence-electron chi connectivity index (χ0n) is 14.2. The van der Waals surface area contributed by atoms with Gasteiger partial charge >= 0.3 is 0 Å². The highest BCUT2D eigenvalue weighted by Gasteiger charge is 2.24. The fourth-order valence-electron chi connectivity index (χ4n) is 1.99. The van der Waals surface area contributed by atoms with Crippen molar-refractivity contribution in [2.45, 2.75) is 52.5 Å². The van der Waals surface area contributed by atoms with Crippen molar-refractivity contribution < 1.29 is 4.21 Å². The minimum absolute atomic E-state index is 0.156. The van der Waals surface area contributed by atoms with Crippen molar-refractivity contribution in [2.24, 2.45) is 5.92 Å². The number of hydrogen-bond donors (Lipinski definition) is 2. The van der Waals surface area contributed by atoms with E-state index in [4.69, 9.17) is 23.8 Å². The summed E-state index contributed by atoms with van der Waals surface area (Å²) in [6, 6.07) is -0.156. The van der Waals surface area contributed by atoms with Gasteiger partial charge in [0.15, 0.2) is 4.77 Å². The molecule has 1 heterocycles. The van der Waals surface area contributed by atoms with Gasteiger partial charge in [0, 0.05) is 11.6 Å². The monoisotopic (exact) mass is 376 g/mol. The molecule has 0 fully saturated rings. The van der Waals surface area contributed by atoms with E-state index < -0.39 is 11.0 Å². The molecule has 0 saturated heterocycles. The summed E-state index contributed by atoms with van der Waals surface area (Å²) in [7, 11) is -1.26. The highest BCUT2D eigenvalue weighted by atomic mass is 35.5. The molecule has 0 amide bonds. The third-order valence-electron chi connectivity index (χ3n) is 3.43. The summed E-state index contributed by atoms with van der Waals surface area (Å²) in [5.41, 5.74) is 0. The Morgan fingerprint density at radius 2 is 2.17 bits per heavy atom. The molecule has 1 rings (SSSR count). The minimum atomic E-state index is -1.26. The van der Waals surface area contributed by atoms with Gasteiger partial charge < -0.3 is 4.57 Å². The van der Waals surface area contributed by atoms with Crippen LogP contribution in [0.4, 0.5) is 0 Å². The Morgan fingerprint density at radius 3 is 2.70 bits per heavy atom. The molecule has 1 aromatic heterocycles. The first-order valence-corrected chi connectivity index (χ1v) is 9.63. The van der Waals surface area contributed by atoms with Crippen LogP contribution in [0, 0.1) is 10.7 Å². The first-order chi connectivity index (χ1) is 10.8. The third-order valence-corrected chi connectivity index (χ3v) is 5.41. The van der Waals surface area contributed by atoms with Crippen molar-refractivity contribution in [3.8, 4) is 0 Å². The van der Waals surface area contributed by atoms with Crippen LogP contribution >= 0.6 is 23.8 Å². The Kier molecular flexibility index (Phi) is 8.39. The molecule has 0 aliphatic rings. The van der Waals surface area contributed by atoms with Gasteiger partial charge in [-0.1, -0.05) is 37.6 Å². The minimum Gasteiger partial charge on any atom is -0.303 e. The van der Waals surface area contributed by atoms with E-state index in [0.717, 1.165) is 5.82 Å². The summed E-state index contributed by atoms with van der Waals surface area (Å²) in [5.74, 6) is 0.994. The van der Waals surface area contributed by atoms with Crippen LogP contribution in [0.1, 0.15) is 46.5 Å². The van der Waals surface area contributed by atoms with Crippen LogP contribution in [0.15, 0.2) is 23.3 Å². The molecule has 0 bridgehead atoms. The van der Waals surface area contributed by atoms with Crippen LogP contribution in [0.5, 0.6) is 0 Å². The Hall–Kier alpha value is -0.760. The number of nitrogens with one attached hydrogen (secondary N) is 2. The highest BCUT2D eigenvalue weighted by Crippen LogP contribution is 2.21. The van der Waals surface area contributed by atoms with Crippen molar-refractivity contribution >= 4 is 34.8 Å². The standard InChI is InChI=1S/C15H25ClN4OS2/c1-6-12(16)9-8-11(5)23(21)19-13(10(3)4)14-17-18-15(22)20(14)7-2/h6,8-11,13,19H,7H2,1-5H3,(H,18,22)/b9-8-,12-6+. The maximum Gasteiger partial charge on any atom is 0.195 e. The van der Waals surface area contributed by atoms with Crippen LogP contribution < -0.4 is 4.72 Å². The number of allylic oxidation sites excluding steroid dienone is 3. The molecule has 0 saturated carbocycles. The molecular formula is C15H25ClN4OS2. The second-order valence-electron chi connectivity index (χ2n) is 5.51. The molecular weight excluding hydrogens is 352 g/mol. The third kappa shape index (κ3) is 5.67. The van der Waals surface area contributed by atoms with Gasteiger partial charge in [-0.2, -0.15) is 5.10 Å². The fraction of sp³-hybridized carbons (Fsp3) is 0.600. The van der Waals surface area contributed by atoms with Crippen molar-refractivity contribution in [2.75, 3.05) is 0 Å². The van der Waals surface area contributed by atoms with Crippen LogP contribution in [-0.4, -0.2) is 24.2 Å². The van der Waals surface area contributed by atoms with Crippen LogP contribution in [0.3, 0.4) is 0 Å². The van der Waals surface area contributed by atoms with Gasteiger partial charge in [0.2, 0.25) is 0 Å². The molecule has 2 N–H and O–H groups in total. The highest BCUT2D eigenvalue weighted by molar-refractivity contribution is 7.83. The van der Waals surface area contributed by atoms with E-state index in [1.807, 2.05) is 31.4 Å². The van der Waals surface area contributed by atoms with Crippen molar-refractivity contribution in [3.63, 3.8) is 0 Å². The molecule has 130 valence electrons. The summed E-state index contributed by atoms with van der Waals surface area (Å²) in [6.07, 6.45) is 5.38. The van der Waals surface area contributed by atoms with E-state index in [-0.39, 0.29) is 17.2 Å². The average Bonchev–Trinajstić information content (AvgIpc) is 2.89. The van der Waals surface area contributed by atoms with E-state index in [2.05, 4.69) is 28.8 Å². The number of H-pyrrole nitrogens is 1. The van der Waals surface area contributed by atoms with Gasteiger partial charge in [-0.15, -0.1) is 0 Å². The summed E-state index contributed by atoms with van der Waals surface area (Å²) in [6.45, 7) is 10.6.